The second kappa shape index (κ2) is 6.38. The van der Waals surface area contributed by atoms with Crippen LogP contribution in [0.2, 0.25) is 0 Å². The predicted molar refractivity (Wildman–Crippen MR) is 95.6 cm³/mol. The zero-order valence-corrected chi connectivity index (χ0v) is 14.1. The number of aliphatic hydroxyl groups excluding tert-OH is 1. The number of hydrogen-bond donors (Lipinski definition) is 3. The number of benzene rings is 1. The minimum absolute atomic E-state index is 0.00133. The molecule has 2 aromatic heterocycles. The lowest BCUT2D eigenvalue weighted by Crippen LogP contribution is -2.27. The average Bonchev–Trinajstić information content (AvgIpc) is 2.97. The monoisotopic (exact) mass is 353 g/mol. The van der Waals surface area contributed by atoms with E-state index in [9.17, 15) is 14.7 Å². The molecule has 134 valence electrons. The lowest BCUT2D eigenvalue weighted by molar-refractivity contribution is 0.1000. The van der Waals surface area contributed by atoms with Gasteiger partial charge in [-0.1, -0.05) is 12.1 Å². The van der Waals surface area contributed by atoms with E-state index >= 15 is 0 Å². The third-order valence-corrected chi connectivity index (χ3v) is 4.92. The van der Waals surface area contributed by atoms with Crippen molar-refractivity contribution in [3.63, 3.8) is 0 Å². The van der Waals surface area contributed by atoms with Gasteiger partial charge in [-0.15, -0.1) is 0 Å². The van der Waals surface area contributed by atoms with Crippen LogP contribution in [0.25, 0.3) is 22.6 Å². The van der Waals surface area contributed by atoms with E-state index in [0.29, 0.717) is 35.4 Å². The molecule has 8 heteroatoms. The quantitative estimate of drug-likeness (QED) is 0.655. The molecular weight excluding hydrogens is 334 g/mol. The number of carbonyl (C=O) groups excluding carboxylic acids is 1. The van der Waals surface area contributed by atoms with E-state index in [0.717, 1.165) is 18.4 Å². The number of primary amides is 1. The van der Waals surface area contributed by atoms with Crippen molar-refractivity contribution in [1.29, 1.82) is 0 Å². The Kier molecular flexibility index (Phi) is 4.04. The predicted octanol–water partition coefficient (Wildman–Crippen LogP) is 1.36. The van der Waals surface area contributed by atoms with Crippen molar-refractivity contribution in [2.24, 2.45) is 5.73 Å². The number of aromatic amines is 1. The van der Waals surface area contributed by atoms with E-state index in [-0.39, 0.29) is 17.8 Å². The summed E-state index contributed by atoms with van der Waals surface area (Å²) in [6.07, 6.45) is 4.10. The minimum Gasteiger partial charge on any atom is -0.393 e. The second-order valence-electron chi connectivity index (χ2n) is 6.63. The maximum Gasteiger partial charge on any atom is 0.329 e. The second-order valence-corrected chi connectivity index (χ2v) is 6.63. The SMILES string of the molecule is NC(=O)c1ccc(-c2cnc3[nH]c(=O)n([C@H]4CC[C@H](O)CC4)c3n2)cc1. The molecule has 8 nitrogen and oxygen atoms in total. The summed E-state index contributed by atoms with van der Waals surface area (Å²) in [4.78, 5) is 35.3. The Hall–Kier alpha value is -3.00. The van der Waals surface area contributed by atoms with Gasteiger partial charge < -0.3 is 10.8 Å². The van der Waals surface area contributed by atoms with E-state index in [2.05, 4.69) is 15.0 Å². The molecule has 2 heterocycles. The molecule has 0 spiro atoms. The van der Waals surface area contributed by atoms with Crippen LogP contribution in [0.15, 0.2) is 35.3 Å². The summed E-state index contributed by atoms with van der Waals surface area (Å²) in [6, 6.07) is 6.78. The van der Waals surface area contributed by atoms with Crippen molar-refractivity contribution < 1.29 is 9.90 Å². The molecule has 0 aliphatic heterocycles. The molecule has 4 rings (SSSR count). The number of nitrogens with one attached hydrogen (secondary N) is 1. The number of rotatable bonds is 3. The number of aromatic nitrogens is 4. The number of nitrogens with zero attached hydrogens (tertiary/aromatic N) is 3. The van der Waals surface area contributed by atoms with Gasteiger partial charge in [-0.25, -0.2) is 14.8 Å². The van der Waals surface area contributed by atoms with Gasteiger partial charge in [-0.05, 0) is 37.8 Å². The Labute approximate surface area is 148 Å². The third kappa shape index (κ3) is 2.88. The molecule has 0 radical (unpaired) electrons. The van der Waals surface area contributed by atoms with Crippen LogP contribution in [0.5, 0.6) is 0 Å². The fourth-order valence-electron chi connectivity index (χ4n) is 3.49. The van der Waals surface area contributed by atoms with Crippen molar-refractivity contribution in [3.05, 3.63) is 46.5 Å². The van der Waals surface area contributed by atoms with Crippen LogP contribution in [0.4, 0.5) is 0 Å². The van der Waals surface area contributed by atoms with Crippen LogP contribution in [0.1, 0.15) is 42.1 Å². The highest BCUT2D eigenvalue weighted by Gasteiger charge is 2.25. The van der Waals surface area contributed by atoms with Crippen molar-refractivity contribution in [2.75, 3.05) is 0 Å². The van der Waals surface area contributed by atoms with Gasteiger partial charge in [-0.2, -0.15) is 0 Å². The standard InChI is InChI=1S/C18H19N5O3/c19-15(25)11-3-1-10(2-4-11)14-9-20-16-17(21-14)23(18(26)22-16)12-5-7-13(24)8-6-12/h1-4,9,12-13,24H,5-8H2,(H2,19,25)(H,20,22,26)/t12-,13-. The van der Waals surface area contributed by atoms with E-state index in [1.165, 1.54) is 0 Å². The van der Waals surface area contributed by atoms with E-state index in [4.69, 9.17) is 5.73 Å². The zero-order chi connectivity index (χ0) is 18.3. The van der Waals surface area contributed by atoms with Gasteiger partial charge in [0.2, 0.25) is 5.91 Å². The number of nitrogens with two attached hydrogens (primary N) is 1. The number of imidazole rings is 1. The summed E-state index contributed by atoms with van der Waals surface area (Å²) >= 11 is 0. The number of hydrogen-bond acceptors (Lipinski definition) is 5. The molecule has 1 fully saturated rings. The van der Waals surface area contributed by atoms with Gasteiger partial charge in [0.25, 0.3) is 0 Å². The van der Waals surface area contributed by atoms with E-state index in [1.807, 2.05) is 0 Å². The molecule has 1 aliphatic rings. The van der Waals surface area contributed by atoms with Gasteiger partial charge in [0, 0.05) is 17.2 Å². The highest BCUT2D eigenvalue weighted by atomic mass is 16.3. The molecule has 4 N–H and O–H groups in total. The summed E-state index contributed by atoms with van der Waals surface area (Å²) in [5, 5.41) is 9.71. The number of H-pyrrole nitrogens is 1. The Bertz CT molecular complexity index is 1010. The van der Waals surface area contributed by atoms with Gasteiger partial charge in [-0.3, -0.25) is 14.3 Å². The minimum atomic E-state index is -0.489. The van der Waals surface area contributed by atoms with E-state index in [1.54, 1.807) is 35.0 Å². The smallest absolute Gasteiger partial charge is 0.329 e. The van der Waals surface area contributed by atoms with Crippen LogP contribution < -0.4 is 11.4 Å². The number of aliphatic hydroxyl groups is 1. The highest BCUT2D eigenvalue weighted by molar-refractivity contribution is 5.93. The Morgan fingerprint density at radius 1 is 1.19 bits per heavy atom. The number of fused-ring (bicyclic) bond motifs is 1. The lowest BCUT2D eigenvalue weighted by Gasteiger charge is -2.25. The van der Waals surface area contributed by atoms with Crippen molar-refractivity contribution in [1.82, 2.24) is 19.5 Å². The molecular formula is C18H19N5O3. The number of carbonyl (C=O) groups is 1. The summed E-state index contributed by atoms with van der Waals surface area (Å²) in [7, 11) is 0. The van der Waals surface area contributed by atoms with Crippen molar-refractivity contribution in [2.45, 2.75) is 37.8 Å². The van der Waals surface area contributed by atoms with Crippen LogP contribution in [0, 0.1) is 0 Å². The van der Waals surface area contributed by atoms with E-state index < -0.39 is 5.91 Å². The summed E-state index contributed by atoms with van der Waals surface area (Å²) < 4.78 is 1.65. The van der Waals surface area contributed by atoms with Crippen molar-refractivity contribution in [3.8, 4) is 11.3 Å². The fraction of sp³-hybridized carbons (Fsp3) is 0.333. The molecule has 1 amide bonds. The van der Waals surface area contributed by atoms with Crippen LogP contribution in [-0.2, 0) is 0 Å². The first-order valence-corrected chi connectivity index (χ1v) is 8.58. The van der Waals surface area contributed by atoms with Crippen LogP contribution in [0.3, 0.4) is 0 Å². The lowest BCUT2D eigenvalue weighted by atomic mass is 9.93. The summed E-state index contributed by atoms with van der Waals surface area (Å²) in [5.41, 5.74) is 7.79. The van der Waals surface area contributed by atoms with Gasteiger partial charge in [0.1, 0.15) is 0 Å². The topological polar surface area (TPSA) is 127 Å². The molecule has 0 bridgehead atoms. The Balaban J connectivity index is 1.75. The summed E-state index contributed by atoms with van der Waals surface area (Å²) in [5.74, 6) is -0.489. The Morgan fingerprint density at radius 2 is 1.88 bits per heavy atom. The normalized spacial score (nSPS) is 20.3. The average molecular weight is 353 g/mol. The molecule has 1 saturated carbocycles. The largest absolute Gasteiger partial charge is 0.393 e. The highest BCUT2D eigenvalue weighted by Crippen LogP contribution is 2.29. The first kappa shape index (κ1) is 16.5. The maximum absolute atomic E-state index is 12.4. The molecule has 3 aromatic rings. The number of amides is 1. The van der Waals surface area contributed by atoms with Crippen LogP contribution >= 0.6 is 0 Å². The molecule has 0 unspecified atom stereocenters. The van der Waals surface area contributed by atoms with Gasteiger partial charge in [0.05, 0.1) is 18.0 Å². The van der Waals surface area contributed by atoms with Crippen LogP contribution in [-0.4, -0.2) is 36.6 Å². The first-order valence-electron chi connectivity index (χ1n) is 8.58. The molecule has 1 aromatic carbocycles. The molecule has 26 heavy (non-hydrogen) atoms. The molecule has 0 saturated heterocycles. The zero-order valence-electron chi connectivity index (χ0n) is 14.1. The van der Waals surface area contributed by atoms with Crippen molar-refractivity contribution >= 4 is 17.2 Å². The first-order chi connectivity index (χ1) is 12.5. The summed E-state index contributed by atoms with van der Waals surface area (Å²) in [6.45, 7) is 0. The van der Waals surface area contributed by atoms with Gasteiger partial charge >= 0.3 is 5.69 Å². The van der Waals surface area contributed by atoms with Gasteiger partial charge in [0.15, 0.2) is 11.3 Å². The third-order valence-electron chi connectivity index (χ3n) is 4.92. The fourth-order valence-corrected chi connectivity index (χ4v) is 3.49. The molecule has 0 atom stereocenters. The Morgan fingerprint density at radius 3 is 2.54 bits per heavy atom. The molecule has 1 aliphatic carbocycles. The maximum atomic E-state index is 12.4.